The number of fused-ring (bicyclic) bond motifs is 5. The number of alkyl halides is 1. The predicted molar refractivity (Wildman–Crippen MR) is 163 cm³/mol. The van der Waals surface area contributed by atoms with Crippen molar-refractivity contribution in [2.75, 3.05) is 36.9 Å². The highest BCUT2D eigenvalue weighted by Gasteiger charge is 2.51. The summed E-state index contributed by atoms with van der Waals surface area (Å²) >= 11 is 0. The zero-order chi connectivity index (χ0) is 31.2. The predicted octanol–water partition coefficient (Wildman–Crippen LogP) is 4.72. The van der Waals surface area contributed by atoms with Gasteiger partial charge in [0.15, 0.2) is 15.7 Å². The largest absolute Gasteiger partial charge is 0.508 e. The number of ether oxygens (including phenoxy) is 1. The van der Waals surface area contributed by atoms with Gasteiger partial charge in [-0.05, 0) is 66.8 Å². The highest BCUT2D eigenvalue weighted by Crippen LogP contribution is 2.43. The molecule has 4 atom stereocenters. The van der Waals surface area contributed by atoms with Crippen molar-refractivity contribution in [2.45, 2.75) is 62.0 Å². The molecule has 0 amide bonds. The molecule has 8 rings (SSSR count). The van der Waals surface area contributed by atoms with Gasteiger partial charge in [-0.1, -0.05) is 13.0 Å². The maximum atomic E-state index is 16.8. The van der Waals surface area contributed by atoms with Crippen molar-refractivity contribution in [1.82, 2.24) is 19.9 Å². The van der Waals surface area contributed by atoms with Crippen LogP contribution < -0.4 is 9.64 Å². The molecule has 4 aromatic rings. The Morgan fingerprint density at radius 2 is 2.02 bits per heavy atom. The second-order valence-corrected chi connectivity index (χ2v) is 15.2. The topological polar surface area (TPSA) is 109 Å². The number of aromatic hydroxyl groups is 1. The van der Waals surface area contributed by atoms with Gasteiger partial charge in [0.05, 0.1) is 21.9 Å². The molecule has 0 radical (unpaired) electrons. The monoisotopic (exact) mass is 639 g/mol. The lowest BCUT2D eigenvalue weighted by atomic mass is 9.94. The Bertz CT molecular complexity index is 2000. The summed E-state index contributed by atoms with van der Waals surface area (Å²) in [6.07, 6.45) is 3.30. The Morgan fingerprint density at radius 1 is 1.18 bits per heavy atom. The van der Waals surface area contributed by atoms with Crippen molar-refractivity contribution < 1.29 is 31.4 Å². The molecule has 236 valence electrons. The Hall–Kier alpha value is -3.71. The lowest BCUT2D eigenvalue weighted by Gasteiger charge is -2.31. The molecule has 2 aromatic heterocycles. The van der Waals surface area contributed by atoms with E-state index in [0.29, 0.717) is 48.0 Å². The van der Waals surface area contributed by atoms with Crippen molar-refractivity contribution in [3.63, 3.8) is 0 Å². The molecule has 13 heteroatoms. The quantitative estimate of drug-likeness (QED) is 0.321. The van der Waals surface area contributed by atoms with E-state index in [2.05, 4.69) is 19.9 Å². The highest BCUT2D eigenvalue weighted by molar-refractivity contribution is 7.92. The smallest absolute Gasteiger partial charge is 0.319 e. The van der Waals surface area contributed by atoms with E-state index < -0.39 is 38.4 Å². The van der Waals surface area contributed by atoms with Crippen molar-refractivity contribution in [3.05, 3.63) is 47.7 Å². The van der Waals surface area contributed by atoms with E-state index in [9.17, 15) is 22.3 Å². The maximum absolute atomic E-state index is 16.8. The van der Waals surface area contributed by atoms with Crippen LogP contribution in [0.25, 0.3) is 32.9 Å². The molecule has 4 fully saturated rings. The normalized spacial score (nSPS) is 27.2. The number of aromatic nitrogens is 3. The van der Waals surface area contributed by atoms with Crippen LogP contribution in [0.5, 0.6) is 11.8 Å². The first-order chi connectivity index (χ1) is 21.6. The molecule has 0 spiro atoms. The van der Waals surface area contributed by atoms with Crippen molar-refractivity contribution in [3.8, 4) is 23.0 Å². The van der Waals surface area contributed by atoms with Gasteiger partial charge in [-0.3, -0.25) is 9.88 Å². The first-order valence-corrected chi connectivity index (χ1v) is 17.1. The van der Waals surface area contributed by atoms with Crippen LogP contribution in [-0.4, -0.2) is 88.4 Å². The molecular formula is C32H32F3N5O4S. The summed E-state index contributed by atoms with van der Waals surface area (Å²) in [6.45, 7) is 3.27. The molecule has 0 aliphatic carbocycles. The zero-order valence-electron chi connectivity index (χ0n) is 24.6. The Kier molecular flexibility index (Phi) is 6.48. The third-order valence-electron chi connectivity index (χ3n) is 10.2. The van der Waals surface area contributed by atoms with E-state index in [4.69, 9.17) is 4.74 Å². The summed E-state index contributed by atoms with van der Waals surface area (Å²) in [7, 11) is -3.22. The van der Waals surface area contributed by atoms with Gasteiger partial charge in [-0.25, -0.2) is 21.6 Å². The van der Waals surface area contributed by atoms with Gasteiger partial charge in [-0.15, -0.1) is 0 Å². The second-order valence-electron chi connectivity index (χ2n) is 12.8. The second kappa shape index (κ2) is 10.1. The average Bonchev–Trinajstić information content (AvgIpc) is 3.74. The van der Waals surface area contributed by atoms with Gasteiger partial charge in [0.25, 0.3) is 0 Å². The molecule has 1 N–H and O–H groups in total. The Labute approximate surface area is 258 Å². The Balaban J connectivity index is 1.28. The molecule has 2 aromatic carbocycles. The molecule has 2 bridgehead atoms. The number of anilines is 1. The van der Waals surface area contributed by atoms with E-state index in [1.807, 2.05) is 4.90 Å². The Morgan fingerprint density at radius 3 is 2.78 bits per heavy atom. The van der Waals surface area contributed by atoms with Crippen molar-refractivity contribution in [2.24, 2.45) is 0 Å². The number of rotatable bonds is 6. The number of phenolic OH excluding ortho intramolecular Hbond substituents is 1. The molecule has 4 aliphatic heterocycles. The third-order valence-corrected chi connectivity index (χ3v) is 12.4. The minimum atomic E-state index is -3.22. The van der Waals surface area contributed by atoms with E-state index in [0.717, 1.165) is 19.4 Å². The number of aryl methyl sites for hydroxylation is 1. The summed E-state index contributed by atoms with van der Waals surface area (Å²) in [6, 6.07) is 5.29. The molecule has 9 nitrogen and oxygen atoms in total. The van der Waals surface area contributed by atoms with Gasteiger partial charge in [0, 0.05) is 37.3 Å². The first-order valence-electron chi connectivity index (χ1n) is 15.4. The highest BCUT2D eigenvalue weighted by atomic mass is 32.2. The molecular weight excluding hydrogens is 607 g/mol. The van der Waals surface area contributed by atoms with Crippen LogP contribution in [0.15, 0.2) is 30.5 Å². The van der Waals surface area contributed by atoms with Gasteiger partial charge < -0.3 is 14.7 Å². The number of hydrogen-bond donors (Lipinski definition) is 1. The number of phenols is 1. The van der Waals surface area contributed by atoms with Crippen LogP contribution >= 0.6 is 0 Å². The first kappa shape index (κ1) is 28.7. The molecule has 0 saturated carbocycles. The average molecular weight is 640 g/mol. The minimum Gasteiger partial charge on any atom is -0.508 e. The minimum absolute atomic E-state index is 0.0239. The third kappa shape index (κ3) is 4.44. The molecule has 6 heterocycles. The van der Waals surface area contributed by atoms with Crippen LogP contribution in [-0.2, 0) is 16.3 Å². The lowest BCUT2D eigenvalue weighted by Crippen LogP contribution is -2.43. The van der Waals surface area contributed by atoms with E-state index >= 15 is 4.39 Å². The fourth-order valence-electron chi connectivity index (χ4n) is 8.13. The molecule has 4 saturated heterocycles. The molecule has 45 heavy (non-hydrogen) atoms. The van der Waals surface area contributed by atoms with E-state index in [1.54, 1.807) is 6.92 Å². The van der Waals surface area contributed by atoms with Gasteiger partial charge >= 0.3 is 6.01 Å². The summed E-state index contributed by atoms with van der Waals surface area (Å²) in [5.41, 5.74) is -0.112. The van der Waals surface area contributed by atoms with Crippen LogP contribution in [0.2, 0.25) is 0 Å². The lowest BCUT2D eigenvalue weighted by molar-refractivity contribution is 0.107. The molecule has 2 unspecified atom stereocenters. The van der Waals surface area contributed by atoms with Gasteiger partial charge in [0.1, 0.15) is 41.4 Å². The number of sulfone groups is 1. The number of halogens is 3. The van der Waals surface area contributed by atoms with E-state index in [1.165, 1.54) is 30.5 Å². The number of nitrogens with zero attached hydrogens (tertiary/aromatic N) is 5. The van der Waals surface area contributed by atoms with E-state index in [-0.39, 0.29) is 58.9 Å². The summed E-state index contributed by atoms with van der Waals surface area (Å²) < 4.78 is 77.4. The fourth-order valence-corrected chi connectivity index (χ4v) is 10.2. The van der Waals surface area contributed by atoms with Crippen LogP contribution in [0, 0.1) is 11.6 Å². The van der Waals surface area contributed by atoms with Crippen LogP contribution in [0.4, 0.5) is 19.0 Å². The SMILES string of the molecule is CCc1c(F)ccc2cc(O)cc(-c3ncc4c(N5CC6CC5CS6(=O)=O)nc(OC[C@@]56CCCN5C[C@H](F)C6)nc4c3F)c12. The van der Waals surface area contributed by atoms with Gasteiger partial charge in [0.2, 0.25) is 0 Å². The van der Waals surface area contributed by atoms with Crippen LogP contribution in [0.3, 0.4) is 0 Å². The summed E-state index contributed by atoms with van der Waals surface area (Å²) in [5.74, 6) is -1.07. The van der Waals surface area contributed by atoms with Gasteiger partial charge in [-0.2, -0.15) is 9.97 Å². The van der Waals surface area contributed by atoms with Crippen molar-refractivity contribution >= 4 is 37.3 Å². The summed E-state index contributed by atoms with van der Waals surface area (Å²) in [4.78, 5) is 17.6. The van der Waals surface area contributed by atoms with Crippen molar-refractivity contribution in [1.29, 1.82) is 0 Å². The number of benzene rings is 2. The number of pyridine rings is 1. The zero-order valence-corrected chi connectivity index (χ0v) is 25.5. The summed E-state index contributed by atoms with van der Waals surface area (Å²) in [5, 5.41) is 11.3. The maximum Gasteiger partial charge on any atom is 0.319 e. The standard InChI is InChI=1S/C32H32F3N5O4S/c1-2-22-25(34)5-4-17-8-20(41)10-23(26(17)22)28-27(35)29-24(12-36-28)30(40-14-21-9-19(40)15-45(21,42)43)38-31(37-29)44-16-32-6-3-7-39(32)13-18(33)11-32/h4-5,8,10,12,18-19,21,41H,2-3,6-7,9,11,13-16H2,1H3/t18-,19?,21?,32+/m1/s1. The fraction of sp³-hybridized carbons (Fsp3) is 0.469. The number of hydrogen-bond acceptors (Lipinski definition) is 9. The van der Waals surface area contributed by atoms with Crippen LogP contribution in [0.1, 0.15) is 38.2 Å². The molecule has 4 aliphatic rings.